The van der Waals surface area contributed by atoms with E-state index in [-0.39, 0.29) is 25.0 Å². The zero-order valence-corrected chi connectivity index (χ0v) is 32.4. The van der Waals surface area contributed by atoms with Gasteiger partial charge in [-0.3, -0.25) is 4.79 Å². The summed E-state index contributed by atoms with van der Waals surface area (Å²) in [7, 11) is 5.34. The van der Waals surface area contributed by atoms with Crippen molar-refractivity contribution in [3.63, 3.8) is 0 Å². The molecule has 0 aliphatic carbocycles. The summed E-state index contributed by atoms with van der Waals surface area (Å²) in [6, 6.07) is -0.235. The van der Waals surface area contributed by atoms with Gasteiger partial charge in [-0.1, -0.05) is 20.8 Å². The second kappa shape index (κ2) is 15.5. The van der Waals surface area contributed by atoms with Gasteiger partial charge in [0.1, 0.15) is 41.4 Å². The maximum Gasteiger partial charge on any atom is 0.311 e. The highest BCUT2D eigenvalue weighted by Crippen LogP contribution is 2.47. The van der Waals surface area contributed by atoms with Crippen LogP contribution in [0.5, 0.6) is 0 Å². The van der Waals surface area contributed by atoms with Gasteiger partial charge in [0, 0.05) is 37.8 Å². The Morgan fingerprint density at radius 2 is 1.60 bits per heavy atom. The standard InChI is InChI=1S/C37H65NO12/c1-14-25-37(10,43)30(40)20(4)28-18(2)16-36(9,50-28)32(49-34-27(39)24(38(11)12)15-19(3)45-34)21(5)29(22(6)33(42)47-25)48-26-17-35(8,44-13)31(41)23(7)46-26/h19-27,29-32,34,39-41,43H,14-17H2,1-13H3/t19?,20-,21-,22+,23?,24?,25+,26-,27?,29-,30+,31-,32+,34-,35?,36-,37+/m0/s1. The van der Waals surface area contributed by atoms with Crippen LogP contribution in [0.15, 0.2) is 11.3 Å². The maximum absolute atomic E-state index is 14.1. The lowest BCUT2D eigenvalue weighted by atomic mass is 9.78. The van der Waals surface area contributed by atoms with Crippen LogP contribution in [0, 0.1) is 17.8 Å². The molecule has 13 nitrogen and oxygen atoms in total. The predicted octanol–water partition coefficient (Wildman–Crippen LogP) is 2.89. The highest BCUT2D eigenvalue weighted by Gasteiger charge is 2.56. The summed E-state index contributed by atoms with van der Waals surface area (Å²) in [5, 5.41) is 45.9. The molecular weight excluding hydrogens is 650 g/mol. The molecule has 0 aromatic carbocycles. The molecule has 4 heterocycles. The first-order chi connectivity index (χ1) is 23.1. The van der Waals surface area contributed by atoms with Crippen LogP contribution < -0.4 is 0 Å². The molecule has 0 radical (unpaired) electrons. The Kier molecular flexibility index (Phi) is 12.8. The molecule has 4 N–H and O–H groups in total. The lowest BCUT2D eigenvalue weighted by Gasteiger charge is -2.48. The topological polar surface area (TPSA) is 166 Å². The van der Waals surface area contributed by atoms with E-state index in [1.807, 2.05) is 46.7 Å². The monoisotopic (exact) mass is 715 g/mol. The summed E-state index contributed by atoms with van der Waals surface area (Å²) in [5.41, 5.74) is -3.00. The number of aliphatic hydroxyl groups excluding tert-OH is 3. The van der Waals surface area contributed by atoms with Gasteiger partial charge in [0.15, 0.2) is 12.6 Å². The van der Waals surface area contributed by atoms with E-state index in [1.165, 1.54) is 14.0 Å². The van der Waals surface area contributed by atoms with Crippen molar-refractivity contribution >= 4 is 5.97 Å². The fourth-order valence-corrected chi connectivity index (χ4v) is 8.73. The Labute approximate surface area is 298 Å². The van der Waals surface area contributed by atoms with E-state index in [1.54, 1.807) is 34.6 Å². The van der Waals surface area contributed by atoms with Crippen LogP contribution in [-0.4, -0.2) is 137 Å². The third-order valence-corrected chi connectivity index (χ3v) is 12.0. The molecule has 0 amide bonds. The Bertz CT molecular complexity index is 1210. The van der Waals surface area contributed by atoms with Crippen molar-refractivity contribution in [2.75, 3.05) is 21.2 Å². The van der Waals surface area contributed by atoms with Crippen LogP contribution in [0.4, 0.5) is 0 Å². The number of carbonyl (C=O) groups excluding carboxylic acids is 1. The fourth-order valence-electron chi connectivity index (χ4n) is 8.73. The predicted molar refractivity (Wildman–Crippen MR) is 184 cm³/mol. The molecule has 0 saturated carbocycles. The van der Waals surface area contributed by atoms with Crippen molar-refractivity contribution in [3.8, 4) is 0 Å². The average Bonchev–Trinajstić information content (AvgIpc) is 3.37. The van der Waals surface area contributed by atoms with Crippen LogP contribution >= 0.6 is 0 Å². The lowest BCUT2D eigenvalue weighted by molar-refractivity contribution is -0.316. The van der Waals surface area contributed by atoms with Crippen molar-refractivity contribution in [2.45, 2.75) is 179 Å². The first kappa shape index (κ1) is 41.4. The molecule has 0 aromatic heterocycles. The van der Waals surface area contributed by atoms with E-state index in [0.717, 1.165) is 5.57 Å². The summed E-state index contributed by atoms with van der Waals surface area (Å²) in [6.45, 7) is 18.0. The number of cyclic esters (lactones) is 1. The van der Waals surface area contributed by atoms with Crippen LogP contribution in [0.3, 0.4) is 0 Å². The number of ether oxygens (including phenoxy) is 7. The van der Waals surface area contributed by atoms with Crippen molar-refractivity contribution in [2.24, 2.45) is 17.8 Å². The first-order valence-electron chi connectivity index (χ1n) is 18.3. The number of aliphatic hydroxyl groups is 4. The van der Waals surface area contributed by atoms with Crippen LogP contribution in [0.25, 0.3) is 0 Å². The summed E-state index contributed by atoms with van der Waals surface area (Å²) in [4.78, 5) is 16.1. The Morgan fingerprint density at radius 1 is 0.960 bits per heavy atom. The SMILES string of the molecule is CC[C@H]1OC(=O)[C@H](C)[C@@H](O[C@H]2CC(C)(OC)[C@@H](O)C(C)O2)[C@H](C)[C@@H](O[C@@H]2OC(C)CC(N(C)C)C2O)[C@]2(C)CC(C)=C(O2)[C@H](C)[C@@H](O)[C@]1(C)O. The van der Waals surface area contributed by atoms with Crippen LogP contribution in [0.2, 0.25) is 0 Å². The number of hydrogen-bond acceptors (Lipinski definition) is 13. The van der Waals surface area contributed by atoms with Gasteiger partial charge in [-0.15, -0.1) is 0 Å². The summed E-state index contributed by atoms with van der Waals surface area (Å²) >= 11 is 0. The molecule has 0 spiro atoms. The average molecular weight is 716 g/mol. The minimum absolute atomic E-state index is 0.173. The van der Waals surface area contributed by atoms with Gasteiger partial charge in [0.25, 0.3) is 0 Å². The fraction of sp³-hybridized carbons (Fsp3) is 0.919. The number of rotatable bonds is 7. The molecule has 3 fully saturated rings. The van der Waals surface area contributed by atoms with Crippen LogP contribution in [-0.2, 0) is 38.0 Å². The molecule has 4 aliphatic heterocycles. The highest BCUT2D eigenvalue weighted by molar-refractivity contribution is 5.73. The third kappa shape index (κ3) is 7.93. The molecule has 5 unspecified atom stereocenters. The number of fused-ring (bicyclic) bond motifs is 2. The zero-order valence-electron chi connectivity index (χ0n) is 32.4. The number of nitrogens with zero attached hydrogens (tertiary/aromatic N) is 1. The number of esters is 1. The molecule has 3 saturated heterocycles. The number of likely N-dealkylation sites (N-methyl/N-ethyl adjacent to an activating group) is 1. The quantitative estimate of drug-likeness (QED) is 0.285. The van der Waals surface area contributed by atoms with Gasteiger partial charge < -0.3 is 58.5 Å². The van der Waals surface area contributed by atoms with E-state index in [9.17, 15) is 25.2 Å². The first-order valence-corrected chi connectivity index (χ1v) is 18.3. The lowest BCUT2D eigenvalue weighted by Crippen LogP contribution is -2.60. The molecule has 4 rings (SSSR count). The Balaban J connectivity index is 1.84. The summed E-state index contributed by atoms with van der Waals surface area (Å²) in [5.74, 6) is -2.31. The van der Waals surface area contributed by atoms with Crippen molar-refractivity contribution < 1.29 is 58.4 Å². The van der Waals surface area contributed by atoms with Crippen LogP contribution in [0.1, 0.15) is 94.9 Å². The zero-order chi connectivity index (χ0) is 37.7. The van der Waals surface area contributed by atoms with E-state index < -0.39 is 95.8 Å². The van der Waals surface area contributed by atoms with E-state index >= 15 is 0 Å². The minimum atomic E-state index is -1.82. The van der Waals surface area contributed by atoms with Gasteiger partial charge in [0.05, 0.1) is 35.9 Å². The van der Waals surface area contributed by atoms with Gasteiger partial charge in [-0.05, 0) is 81.0 Å². The van der Waals surface area contributed by atoms with Gasteiger partial charge >= 0.3 is 5.97 Å². The van der Waals surface area contributed by atoms with E-state index in [2.05, 4.69) is 0 Å². The van der Waals surface area contributed by atoms with Crippen molar-refractivity contribution in [1.82, 2.24) is 4.90 Å². The molecule has 2 bridgehead atoms. The Hall–Kier alpha value is -1.39. The molecular formula is C37H65NO12. The van der Waals surface area contributed by atoms with Crippen molar-refractivity contribution in [1.29, 1.82) is 0 Å². The van der Waals surface area contributed by atoms with Gasteiger partial charge in [-0.2, -0.15) is 0 Å². The smallest absolute Gasteiger partial charge is 0.311 e. The molecule has 4 aliphatic rings. The Morgan fingerprint density at radius 3 is 2.18 bits per heavy atom. The second-order valence-corrected chi connectivity index (χ2v) is 16.3. The molecule has 290 valence electrons. The summed E-state index contributed by atoms with van der Waals surface area (Å²) in [6.07, 6.45) is -7.39. The second-order valence-electron chi connectivity index (χ2n) is 16.3. The third-order valence-electron chi connectivity index (χ3n) is 12.0. The number of carbonyl (C=O) groups is 1. The number of hydrogen-bond donors (Lipinski definition) is 4. The molecule has 13 heteroatoms. The maximum atomic E-state index is 14.1. The molecule has 0 aromatic rings. The van der Waals surface area contributed by atoms with Crippen molar-refractivity contribution in [3.05, 3.63) is 11.3 Å². The minimum Gasteiger partial charge on any atom is -0.489 e. The van der Waals surface area contributed by atoms with Gasteiger partial charge in [-0.25, -0.2) is 0 Å². The highest BCUT2D eigenvalue weighted by atomic mass is 16.7. The molecule has 50 heavy (non-hydrogen) atoms. The van der Waals surface area contributed by atoms with Gasteiger partial charge in [0.2, 0.25) is 0 Å². The van der Waals surface area contributed by atoms with E-state index in [0.29, 0.717) is 18.6 Å². The number of methoxy groups -OCH3 is 1. The molecule has 17 atom stereocenters. The largest absolute Gasteiger partial charge is 0.489 e. The summed E-state index contributed by atoms with van der Waals surface area (Å²) < 4.78 is 44.6. The van der Waals surface area contributed by atoms with E-state index in [4.69, 9.17) is 33.2 Å². The normalized spacial score (nSPS) is 49.5.